The van der Waals surface area contributed by atoms with Crippen molar-refractivity contribution in [2.45, 2.75) is 177 Å². The van der Waals surface area contributed by atoms with Crippen molar-refractivity contribution in [3.05, 3.63) is 194 Å². The molecule has 0 spiro atoms. The number of nitrogens with two attached hydrogens (primary N) is 3. The number of aliphatic imine (C=N–C) groups is 1. The lowest BCUT2D eigenvalue weighted by Crippen LogP contribution is -2.62. The summed E-state index contributed by atoms with van der Waals surface area (Å²) in [5, 5.41) is 21.3. The van der Waals surface area contributed by atoms with Crippen LogP contribution in [0.1, 0.15) is 152 Å². The van der Waals surface area contributed by atoms with E-state index in [9.17, 15) is 14.4 Å². The van der Waals surface area contributed by atoms with Crippen LogP contribution in [0.2, 0.25) is 0 Å². The van der Waals surface area contributed by atoms with Crippen molar-refractivity contribution in [3.63, 3.8) is 0 Å². The van der Waals surface area contributed by atoms with Crippen molar-refractivity contribution in [1.29, 1.82) is 0 Å². The van der Waals surface area contributed by atoms with Gasteiger partial charge in [-0.25, -0.2) is 18.3 Å². The van der Waals surface area contributed by atoms with Gasteiger partial charge in [0.1, 0.15) is 25.1 Å². The molecule has 2 saturated heterocycles. The number of carbonyl (C=O) groups excluding carboxylic acids is 3. The van der Waals surface area contributed by atoms with E-state index in [1.165, 1.54) is 68.6 Å². The van der Waals surface area contributed by atoms with Crippen LogP contribution in [-0.2, 0) is 79.8 Å². The van der Waals surface area contributed by atoms with Crippen molar-refractivity contribution < 1.29 is 83.3 Å². The molecule has 2 fully saturated rings. The minimum atomic E-state index is -0.182. The highest BCUT2D eigenvalue weighted by Crippen LogP contribution is 2.49. The standard InChI is InChI=1S/C30H42N8O4S2.C25H30N6O2S2.C24H32N5O4S2/c1-23(39)19-35-15-16-36-28(35)22-37(21-27-32-14-18-38(27,30(36)37)20-24(2)40)17-8-6-4-3-5-7-13-33-29(43)34-25-9-11-26(12-10-25)44-42-41-31;26-32-33-35-23-12-10-20(11-13-23)28-24(34)27-14-4-1-7-17-31-18-21-8-2-5-15-29(21)25(31)30-16-6-3-9-22(30)19-31;25-32-33-35-21-12-10-19(11-13-21)27-23(34)26-14-6-3-1-2-4-8-16-29-17-20-9-5-7-15-28(20)24(29)31-22(30)18-29/h9-12,14-16,18,30H,3-8,13,17,19-22,31H2,1-2H3,(H-,33,34,43);2-3,5-6,8-13,15-16,25H,1,4,7,14,17-19,26H2,(H-,27,28,34);5,7,9-13,15,24H,1-4,6,8,14,16-18,25H2,(H-,26,27,34)/q2*+2;+1/p+3. The van der Waals surface area contributed by atoms with Crippen LogP contribution in [0.25, 0.3) is 0 Å². The van der Waals surface area contributed by atoms with Crippen LogP contribution in [0.15, 0.2) is 190 Å². The van der Waals surface area contributed by atoms with Crippen LogP contribution in [-0.4, -0.2) is 120 Å². The summed E-state index contributed by atoms with van der Waals surface area (Å²) in [6.07, 6.45) is 31.9. The smallest absolute Gasteiger partial charge is 0.362 e. The molecule has 29 nitrogen and oxygen atoms in total. The number of nitrogens with one attached hydrogen (secondary N) is 6. The number of benzene rings is 3. The second-order valence-corrected chi connectivity index (χ2v) is 33.5. The van der Waals surface area contributed by atoms with Gasteiger partial charge in [0.25, 0.3) is 5.84 Å². The maximum absolute atomic E-state index is 12.5. The fourth-order valence-electron chi connectivity index (χ4n) is 17.0. The number of nitrogens with zero attached hydrogens (tertiary/aromatic N) is 10. The molecule has 14 rings (SSSR count). The van der Waals surface area contributed by atoms with Crippen LogP contribution in [0.5, 0.6) is 0 Å². The largest absolute Gasteiger partial charge is 0.484 e. The minimum Gasteiger partial charge on any atom is -0.362 e. The van der Waals surface area contributed by atoms with Crippen LogP contribution >= 0.6 is 72.8 Å². The molecular formula is C79H107N19O10S6+8. The van der Waals surface area contributed by atoms with Crippen molar-refractivity contribution in [1.82, 2.24) is 20.5 Å². The maximum atomic E-state index is 12.5. The summed E-state index contributed by atoms with van der Waals surface area (Å²) in [5.41, 5.74) is 6.80. The first-order chi connectivity index (χ1) is 55.5. The minimum absolute atomic E-state index is 0.0414. The zero-order valence-electron chi connectivity index (χ0n) is 64.6. The Bertz CT molecular complexity index is 4450. The number of hydrogen-bond acceptors (Lipinski definition) is 20. The molecule has 12 N–H and O–H groups in total. The number of unbranched alkanes of at least 4 members (excludes halogenated alkanes) is 12. The number of anilines is 3. The Morgan fingerprint density at radius 3 is 1.39 bits per heavy atom. The van der Waals surface area contributed by atoms with E-state index in [1.54, 1.807) is 13.8 Å². The molecule has 0 bridgehead atoms. The number of quaternary nitrogens is 4. The lowest BCUT2D eigenvalue weighted by Gasteiger charge is -2.33. The molecule has 4 aromatic heterocycles. The molecule has 3 aromatic carbocycles. The van der Waals surface area contributed by atoms with Gasteiger partial charge in [-0.3, -0.25) is 9.59 Å². The van der Waals surface area contributed by atoms with E-state index >= 15 is 0 Å². The van der Waals surface area contributed by atoms with Gasteiger partial charge in [0.15, 0.2) is 91.3 Å². The van der Waals surface area contributed by atoms with Crippen LogP contribution in [0.3, 0.4) is 0 Å². The van der Waals surface area contributed by atoms with Crippen molar-refractivity contribution >= 4 is 129 Å². The van der Waals surface area contributed by atoms with Gasteiger partial charge in [0.05, 0.1) is 62.0 Å². The first-order valence-electron chi connectivity index (χ1n) is 39.0. The van der Waals surface area contributed by atoms with Gasteiger partial charge in [-0.2, -0.15) is 31.6 Å². The normalized spacial score (nSPS) is 21.0. The highest BCUT2D eigenvalue weighted by molar-refractivity contribution is 7.95. The topological polar surface area (TPSA) is 299 Å². The highest BCUT2D eigenvalue weighted by atomic mass is 32.2. The number of esters is 1. The van der Waals surface area contributed by atoms with E-state index < -0.39 is 0 Å². The molecule has 35 heteroatoms. The Labute approximate surface area is 695 Å². The summed E-state index contributed by atoms with van der Waals surface area (Å²) in [4.78, 5) is 56.1. The molecule has 0 aliphatic carbocycles. The number of ketones is 2. The Kier molecular flexibility index (Phi) is 31.4. The number of thiocarbonyl (C=S) groups is 3. The number of pyridine rings is 3. The second kappa shape index (κ2) is 41.8. The van der Waals surface area contributed by atoms with Gasteiger partial charge in [0, 0.05) is 94.7 Å². The number of carbonyl (C=O) groups is 3. The van der Waals surface area contributed by atoms with Gasteiger partial charge in [-0.15, -0.1) is 37.1 Å². The van der Waals surface area contributed by atoms with E-state index in [0.717, 1.165) is 205 Å². The number of amidine groups is 1. The van der Waals surface area contributed by atoms with Gasteiger partial charge in [0.2, 0.25) is 17.1 Å². The third-order valence-corrected chi connectivity index (χ3v) is 24.4. The van der Waals surface area contributed by atoms with E-state index in [1.807, 2.05) is 97.5 Å². The quantitative estimate of drug-likeness (QED) is 0.00252. The molecule has 7 aliphatic heterocycles. The van der Waals surface area contributed by atoms with Crippen LogP contribution in [0.4, 0.5) is 17.1 Å². The molecule has 0 saturated carbocycles. The molecule has 0 radical (unpaired) electrons. The predicted octanol–water partition coefficient (Wildman–Crippen LogP) is 10.2. The molecule has 7 aromatic rings. The monoisotopic (exact) mass is 1670 g/mol. The number of fused-ring (bicyclic) bond motifs is 13. The summed E-state index contributed by atoms with van der Waals surface area (Å²) in [6.45, 7) is 15.0. The number of aromatic nitrogens is 5. The van der Waals surface area contributed by atoms with Crippen LogP contribution in [0, 0.1) is 0 Å². The third-order valence-electron chi connectivity index (χ3n) is 21.8. The number of hydrogen-bond donors (Lipinski definition) is 9. The first kappa shape index (κ1) is 85.5. The zero-order chi connectivity index (χ0) is 79.8. The Balaban J connectivity index is 0.000000160. The summed E-state index contributed by atoms with van der Waals surface area (Å²) >= 11 is 19.4. The fourth-order valence-corrected chi connectivity index (χ4v) is 18.7. The molecule has 5 atom stereocenters. The van der Waals surface area contributed by atoms with E-state index in [4.69, 9.17) is 64.1 Å². The summed E-state index contributed by atoms with van der Waals surface area (Å²) in [5.74, 6) is 17.0. The zero-order valence-corrected chi connectivity index (χ0v) is 69.5. The molecule has 114 heavy (non-hydrogen) atoms. The van der Waals surface area contributed by atoms with Gasteiger partial charge in [-0.05, 0) is 192 Å². The number of imidazole rings is 1. The van der Waals surface area contributed by atoms with E-state index in [2.05, 4.69) is 156 Å². The van der Waals surface area contributed by atoms with Crippen molar-refractivity contribution in [2.75, 3.05) is 74.9 Å². The Morgan fingerprint density at radius 2 is 0.930 bits per heavy atom. The summed E-state index contributed by atoms with van der Waals surface area (Å²) < 4.78 is 34.2. The molecular weight excluding hydrogens is 1570 g/mol. The SMILES string of the molecule is CC(=O)C[n+]1ccn2c1C[N+]1(CCCCCCCCNC(=S)Nc3ccc(SOON)cc3)CC3=NC=C[N+]3(CC(C)=O)C21.NOOSc1ccc(NC(=S)NCCCCCCCC[N+]23CC(=O)OC2[n+]2ccccc2C3)cc1.NOOSc1ccc(NC(=S)NCCCCC[N+]23Cc4cccc[n+]4C2[n+]2ccccc2C3)cc1. The third kappa shape index (κ3) is 22.1. The number of ether oxygens (including phenoxy) is 1. The molecule has 606 valence electrons. The van der Waals surface area contributed by atoms with Gasteiger partial charge >= 0.3 is 30.7 Å². The molecule has 11 heterocycles. The van der Waals surface area contributed by atoms with Gasteiger partial charge < -0.3 is 36.6 Å². The maximum Gasteiger partial charge on any atom is 0.484 e. The van der Waals surface area contributed by atoms with Crippen molar-refractivity contribution in [2.24, 2.45) is 22.7 Å². The second-order valence-electron chi connectivity index (χ2n) is 29.9. The van der Waals surface area contributed by atoms with E-state index in [-0.39, 0.29) is 30.2 Å². The lowest BCUT2D eigenvalue weighted by molar-refractivity contribution is -1.16. The average molecular weight is 1680 g/mol. The van der Waals surface area contributed by atoms with Crippen molar-refractivity contribution in [3.8, 4) is 0 Å². The Morgan fingerprint density at radius 1 is 0.509 bits per heavy atom. The molecule has 7 aliphatic rings. The number of Topliss-reactive ketones (excluding diaryl/α,β-unsaturated/α-hetero) is 2. The summed E-state index contributed by atoms with van der Waals surface area (Å²) in [6, 6.07) is 42.2. The highest BCUT2D eigenvalue weighted by Gasteiger charge is 2.72. The summed E-state index contributed by atoms with van der Waals surface area (Å²) in [7, 11) is 0. The first-order valence-corrected chi connectivity index (χ1v) is 42.5. The lowest BCUT2D eigenvalue weighted by atomic mass is 10.1. The molecule has 0 amide bonds. The molecule has 5 unspecified atom stereocenters. The average Bonchev–Trinajstić information content (AvgIpc) is 1.52. The van der Waals surface area contributed by atoms with E-state index in [0.29, 0.717) is 50.2 Å². The fraction of sp³-hybridized carbons (Fsp3) is 0.430. The van der Waals surface area contributed by atoms with Gasteiger partial charge in [-0.1, -0.05) is 47.7 Å². The predicted molar refractivity (Wildman–Crippen MR) is 444 cm³/mol. The van der Waals surface area contributed by atoms with Crippen LogP contribution < -0.4 is 67.9 Å². The number of rotatable bonds is 40. The Hall–Kier alpha value is -7.86.